The first-order valence-corrected chi connectivity index (χ1v) is 11.1. The highest BCUT2D eigenvalue weighted by Crippen LogP contribution is 2.27. The number of aliphatic hydroxyl groups excluding tert-OH is 1. The number of pyridine rings is 2. The van der Waals surface area contributed by atoms with Crippen molar-refractivity contribution in [3.8, 4) is 17.7 Å². The summed E-state index contributed by atoms with van der Waals surface area (Å²) in [7, 11) is 3.15. The summed E-state index contributed by atoms with van der Waals surface area (Å²) in [6.45, 7) is 4.17. The van der Waals surface area contributed by atoms with Gasteiger partial charge in [-0.1, -0.05) is 18.8 Å². The van der Waals surface area contributed by atoms with E-state index in [-0.39, 0.29) is 42.4 Å². The predicted molar refractivity (Wildman–Crippen MR) is 125 cm³/mol. The fraction of sp³-hybridized carbons (Fsp3) is 0.440. The minimum absolute atomic E-state index is 0.0297. The molecular formula is C25H30N4O5. The Morgan fingerprint density at radius 2 is 2.06 bits per heavy atom. The lowest BCUT2D eigenvalue weighted by molar-refractivity contribution is -0.135. The number of hydrogen-bond acceptors (Lipinski definition) is 7. The third kappa shape index (κ3) is 6.10. The molecule has 180 valence electrons. The Kier molecular flexibility index (Phi) is 8.57. The van der Waals surface area contributed by atoms with Gasteiger partial charge < -0.3 is 24.4 Å². The summed E-state index contributed by atoms with van der Waals surface area (Å²) < 4.78 is 11.1. The van der Waals surface area contributed by atoms with Crippen molar-refractivity contribution in [3.05, 3.63) is 53.5 Å². The number of amides is 2. The van der Waals surface area contributed by atoms with Gasteiger partial charge in [0.15, 0.2) is 0 Å². The molecule has 0 aromatic carbocycles. The molecule has 3 rings (SSSR count). The maximum atomic E-state index is 13.4. The van der Waals surface area contributed by atoms with Crippen LogP contribution in [0.25, 0.3) is 0 Å². The summed E-state index contributed by atoms with van der Waals surface area (Å²) in [5.41, 5.74) is 1.61. The molecule has 0 aliphatic carbocycles. The molecule has 0 saturated carbocycles. The molecule has 34 heavy (non-hydrogen) atoms. The Balaban J connectivity index is 1.96. The molecule has 1 N–H and O–H groups in total. The van der Waals surface area contributed by atoms with Crippen molar-refractivity contribution in [2.75, 3.05) is 40.5 Å². The molecule has 0 fully saturated rings. The quantitative estimate of drug-likeness (QED) is 0.638. The van der Waals surface area contributed by atoms with Crippen LogP contribution < -0.4 is 4.74 Å². The maximum Gasteiger partial charge on any atom is 0.259 e. The van der Waals surface area contributed by atoms with Crippen LogP contribution in [0.5, 0.6) is 5.88 Å². The van der Waals surface area contributed by atoms with E-state index in [2.05, 4.69) is 21.8 Å². The number of likely N-dealkylation sites (N-methyl/N-ethyl adjacent to an activating group) is 1. The zero-order chi connectivity index (χ0) is 24.7. The first-order valence-electron chi connectivity index (χ1n) is 11.1. The highest BCUT2D eigenvalue weighted by atomic mass is 16.5. The molecule has 9 heteroatoms. The van der Waals surface area contributed by atoms with Crippen molar-refractivity contribution in [1.29, 1.82) is 0 Å². The van der Waals surface area contributed by atoms with Gasteiger partial charge in [-0.05, 0) is 25.1 Å². The Morgan fingerprint density at radius 3 is 2.74 bits per heavy atom. The van der Waals surface area contributed by atoms with E-state index in [0.29, 0.717) is 18.7 Å². The standard InChI is InChI=1S/C25H30N4O5/c1-17-13-29(18(2)15-30)25(32)21-11-20(6-5-19-7-9-26-10-8-19)12-27-24(21)34-22(17)14-28(3)23(31)16-33-4/h7-12,17-18,22,30H,13-16H2,1-4H3/t17-,18+,22+/m0/s1. The normalized spacial score (nSPS) is 18.5. The van der Waals surface area contributed by atoms with Gasteiger partial charge in [-0.25, -0.2) is 4.98 Å². The number of nitrogens with zero attached hydrogens (tertiary/aromatic N) is 4. The molecule has 1 aliphatic rings. The molecule has 0 unspecified atom stereocenters. The van der Waals surface area contributed by atoms with E-state index in [9.17, 15) is 14.7 Å². The molecule has 9 nitrogen and oxygen atoms in total. The lowest BCUT2D eigenvalue weighted by Gasteiger charge is -2.37. The highest BCUT2D eigenvalue weighted by Gasteiger charge is 2.34. The van der Waals surface area contributed by atoms with Gasteiger partial charge in [-0.3, -0.25) is 14.6 Å². The zero-order valence-corrected chi connectivity index (χ0v) is 19.9. The number of aliphatic hydroxyl groups is 1. The number of aromatic nitrogens is 2. The minimum atomic E-state index is -0.424. The summed E-state index contributed by atoms with van der Waals surface area (Å²) in [5.74, 6) is 5.65. The van der Waals surface area contributed by atoms with Gasteiger partial charge in [0.25, 0.3) is 5.91 Å². The molecule has 0 spiro atoms. The van der Waals surface area contributed by atoms with Crippen LogP contribution in [0.1, 0.15) is 35.3 Å². The summed E-state index contributed by atoms with van der Waals surface area (Å²) in [6, 6.07) is 4.84. The fourth-order valence-corrected chi connectivity index (χ4v) is 3.57. The van der Waals surface area contributed by atoms with E-state index >= 15 is 0 Å². The van der Waals surface area contributed by atoms with E-state index in [0.717, 1.165) is 5.56 Å². The number of methoxy groups -OCH3 is 1. The number of carbonyl (C=O) groups excluding carboxylic acids is 2. The monoisotopic (exact) mass is 466 g/mol. The Hall–Kier alpha value is -3.48. The van der Waals surface area contributed by atoms with Crippen LogP contribution in [-0.4, -0.2) is 89.3 Å². The molecule has 2 amide bonds. The molecule has 0 bridgehead atoms. The van der Waals surface area contributed by atoms with E-state index in [1.165, 1.54) is 7.11 Å². The van der Waals surface area contributed by atoms with Gasteiger partial charge in [-0.15, -0.1) is 0 Å². The molecule has 2 aromatic heterocycles. The van der Waals surface area contributed by atoms with Gasteiger partial charge >= 0.3 is 0 Å². The topological polar surface area (TPSA) is 105 Å². The lowest BCUT2D eigenvalue weighted by atomic mass is 10.00. The van der Waals surface area contributed by atoms with Crippen LogP contribution in [0.15, 0.2) is 36.8 Å². The van der Waals surface area contributed by atoms with E-state index in [1.54, 1.807) is 60.6 Å². The van der Waals surface area contributed by atoms with Gasteiger partial charge in [0, 0.05) is 56.3 Å². The summed E-state index contributed by atoms with van der Waals surface area (Å²) in [6.07, 6.45) is 4.45. The van der Waals surface area contributed by atoms with Gasteiger partial charge in [0.05, 0.1) is 19.2 Å². The second kappa shape index (κ2) is 11.6. The third-order valence-electron chi connectivity index (χ3n) is 5.70. The molecule has 2 aromatic rings. The van der Waals surface area contributed by atoms with Crippen LogP contribution in [0, 0.1) is 17.8 Å². The zero-order valence-electron chi connectivity index (χ0n) is 19.9. The van der Waals surface area contributed by atoms with E-state index in [4.69, 9.17) is 9.47 Å². The van der Waals surface area contributed by atoms with Crippen molar-refractivity contribution in [2.45, 2.75) is 26.0 Å². The summed E-state index contributed by atoms with van der Waals surface area (Å²) in [4.78, 5) is 37.2. The van der Waals surface area contributed by atoms with Crippen LogP contribution in [-0.2, 0) is 9.53 Å². The first kappa shape index (κ1) is 25.1. The second-order valence-corrected chi connectivity index (χ2v) is 8.39. The van der Waals surface area contributed by atoms with Gasteiger partial charge in [0.2, 0.25) is 11.8 Å². The lowest BCUT2D eigenvalue weighted by Crippen LogP contribution is -2.50. The van der Waals surface area contributed by atoms with Crippen LogP contribution in [0.4, 0.5) is 0 Å². The van der Waals surface area contributed by atoms with Gasteiger partial charge in [0.1, 0.15) is 18.3 Å². The molecule has 0 saturated heterocycles. The predicted octanol–water partition coefficient (Wildman–Crippen LogP) is 1.20. The Bertz CT molecular complexity index is 1070. The molecule has 0 radical (unpaired) electrons. The second-order valence-electron chi connectivity index (χ2n) is 8.39. The number of fused-ring (bicyclic) bond motifs is 1. The first-order chi connectivity index (χ1) is 16.3. The molecule has 1 aliphatic heterocycles. The van der Waals surface area contributed by atoms with E-state index < -0.39 is 12.1 Å². The summed E-state index contributed by atoms with van der Waals surface area (Å²) >= 11 is 0. The largest absolute Gasteiger partial charge is 0.472 e. The minimum Gasteiger partial charge on any atom is -0.472 e. The Labute approximate surface area is 199 Å². The van der Waals surface area contributed by atoms with E-state index in [1.807, 2.05) is 6.92 Å². The third-order valence-corrected chi connectivity index (χ3v) is 5.70. The average molecular weight is 467 g/mol. The van der Waals surface area contributed by atoms with Crippen molar-refractivity contribution >= 4 is 11.8 Å². The summed E-state index contributed by atoms with van der Waals surface area (Å²) in [5, 5.41) is 9.77. The number of carbonyl (C=O) groups is 2. The van der Waals surface area contributed by atoms with Crippen molar-refractivity contribution in [2.24, 2.45) is 5.92 Å². The number of ether oxygens (including phenoxy) is 2. The smallest absolute Gasteiger partial charge is 0.259 e. The van der Waals surface area contributed by atoms with Crippen LogP contribution in [0.2, 0.25) is 0 Å². The SMILES string of the molecule is COCC(=O)N(C)C[C@H]1Oc2ncc(C#Cc3ccncc3)cc2C(=O)N([C@H](C)CO)C[C@@H]1C. The van der Waals surface area contributed by atoms with Crippen LogP contribution >= 0.6 is 0 Å². The van der Waals surface area contributed by atoms with Crippen LogP contribution in [0.3, 0.4) is 0 Å². The van der Waals surface area contributed by atoms with Crippen molar-refractivity contribution in [1.82, 2.24) is 19.8 Å². The van der Waals surface area contributed by atoms with Crippen molar-refractivity contribution in [3.63, 3.8) is 0 Å². The maximum absolute atomic E-state index is 13.4. The molecule has 3 atom stereocenters. The van der Waals surface area contributed by atoms with Crippen molar-refractivity contribution < 1.29 is 24.2 Å². The highest BCUT2D eigenvalue weighted by molar-refractivity contribution is 5.97. The molecule has 3 heterocycles. The average Bonchev–Trinajstić information content (AvgIpc) is 2.85. The fourth-order valence-electron chi connectivity index (χ4n) is 3.57. The number of rotatable bonds is 6. The number of hydrogen-bond donors (Lipinski definition) is 1. The molecular weight excluding hydrogens is 436 g/mol. The van der Waals surface area contributed by atoms with Gasteiger partial charge in [-0.2, -0.15) is 0 Å². The Morgan fingerprint density at radius 1 is 1.35 bits per heavy atom.